The molecule has 21 heavy (non-hydrogen) atoms. The standard InChI is InChI=1S/C16H18FN3S/c1-4-8-20-12-7-5-6-11(17)14(12)19-16(20)13-9(2)10(3)21-15(13)18/h5-7H,4,8,18H2,1-3H3. The Labute approximate surface area is 127 Å². The van der Waals surface area contributed by atoms with Crippen molar-refractivity contribution in [2.45, 2.75) is 33.7 Å². The third kappa shape index (κ3) is 2.12. The molecule has 3 nitrogen and oxygen atoms in total. The number of anilines is 1. The maximum Gasteiger partial charge on any atom is 0.151 e. The van der Waals surface area contributed by atoms with Gasteiger partial charge in [-0.3, -0.25) is 0 Å². The van der Waals surface area contributed by atoms with E-state index in [0.717, 1.165) is 40.4 Å². The summed E-state index contributed by atoms with van der Waals surface area (Å²) >= 11 is 1.56. The van der Waals surface area contributed by atoms with Gasteiger partial charge >= 0.3 is 0 Å². The van der Waals surface area contributed by atoms with Crippen LogP contribution < -0.4 is 5.73 Å². The van der Waals surface area contributed by atoms with Gasteiger partial charge in [-0.1, -0.05) is 13.0 Å². The molecule has 0 saturated heterocycles. The highest BCUT2D eigenvalue weighted by Crippen LogP contribution is 2.39. The Morgan fingerprint density at radius 1 is 1.33 bits per heavy atom. The van der Waals surface area contributed by atoms with Crippen molar-refractivity contribution in [1.82, 2.24) is 9.55 Å². The number of benzene rings is 1. The minimum atomic E-state index is -0.285. The third-order valence-corrected chi connectivity index (χ3v) is 4.85. The fourth-order valence-corrected chi connectivity index (χ4v) is 3.62. The van der Waals surface area contributed by atoms with Gasteiger partial charge in [0.25, 0.3) is 0 Å². The van der Waals surface area contributed by atoms with Crippen LogP contribution in [0.5, 0.6) is 0 Å². The van der Waals surface area contributed by atoms with E-state index in [0.29, 0.717) is 5.52 Å². The Balaban J connectivity index is 2.36. The highest BCUT2D eigenvalue weighted by Gasteiger charge is 2.20. The van der Waals surface area contributed by atoms with E-state index in [1.807, 2.05) is 19.9 Å². The van der Waals surface area contributed by atoms with E-state index in [4.69, 9.17) is 5.73 Å². The molecule has 3 aromatic rings. The Morgan fingerprint density at radius 3 is 2.71 bits per heavy atom. The molecule has 0 amide bonds. The molecule has 0 aliphatic carbocycles. The molecule has 0 fully saturated rings. The molecule has 0 spiro atoms. The molecule has 2 heterocycles. The molecule has 5 heteroatoms. The van der Waals surface area contributed by atoms with Crippen LogP contribution in [0.1, 0.15) is 23.8 Å². The molecule has 2 N–H and O–H groups in total. The summed E-state index contributed by atoms with van der Waals surface area (Å²) in [5.41, 5.74) is 9.49. The van der Waals surface area contributed by atoms with E-state index < -0.39 is 0 Å². The molecule has 3 rings (SSSR count). The predicted octanol–water partition coefficient (Wildman–Crippen LogP) is 4.51. The summed E-state index contributed by atoms with van der Waals surface area (Å²) in [7, 11) is 0. The lowest BCUT2D eigenvalue weighted by molar-refractivity contribution is 0.637. The van der Waals surface area contributed by atoms with Gasteiger partial charge < -0.3 is 10.3 Å². The smallest absolute Gasteiger partial charge is 0.151 e. The number of aryl methyl sites for hydroxylation is 2. The largest absolute Gasteiger partial charge is 0.390 e. The van der Waals surface area contributed by atoms with Crippen molar-refractivity contribution < 1.29 is 4.39 Å². The number of imidazole rings is 1. The number of fused-ring (bicyclic) bond motifs is 1. The zero-order chi connectivity index (χ0) is 15.1. The van der Waals surface area contributed by atoms with Crippen molar-refractivity contribution in [2.75, 3.05) is 5.73 Å². The van der Waals surface area contributed by atoms with Gasteiger partial charge in [-0.15, -0.1) is 11.3 Å². The van der Waals surface area contributed by atoms with E-state index in [1.165, 1.54) is 10.9 Å². The molecule has 0 aliphatic heterocycles. The average Bonchev–Trinajstić information content (AvgIpc) is 2.91. The van der Waals surface area contributed by atoms with E-state index in [9.17, 15) is 4.39 Å². The van der Waals surface area contributed by atoms with Crippen molar-refractivity contribution in [2.24, 2.45) is 0 Å². The second-order valence-corrected chi connectivity index (χ2v) is 6.47. The van der Waals surface area contributed by atoms with Crippen LogP contribution >= 0.6 is 11.3 Å². The minimum Gasteiger partial charge on any atom is -0.390 e. The summed E-state index contributed by atoms with van der Waals surface area (Å²) in [5.74, 6) is 0.489. The van der Waals surface area contributed by atoms with Crippen LogP contribution in [0.3, 0.4) is 0 Å². The van der Waals surface area contributed by atoms with E-state index >= 15 is 0 Å². The molecule has 0 unspecified atom stereocenters. The summed E-state index contributed by atoms with van der Waals surface area (Å²) < 4.78 is 16.1. The van der Waals surface area contributed by atoms with Crippen molar-refractivity contribution in [3.8, 4) is 11.4 Å². The molecule has 1 aromatic carbocycles. The number of nitrogens with two attached hydrogens (primary N) is 1. The number of hydrogen-bond acceptors (Lipinski definition) is 3. The number of thiophene rings is 1. The van der Waals surface area contributed by atoms with Gasteiger partial charge in [0.15, 0.2) is 5.82 Å². The SMILES string of the molecule is CCCn1c(-c2c(N)sc(C)c2C)nc2c(F)cccc21. The first-order valence-corrected chi connectivity index (χ1v) is 7.86. The van der Waals surface area contributed by atoms with Crippen LogP contribution in [0.25, 0.3) is 22.4 Å². The van der Waals surface area contributed by atoms with Crippen LogP contribution in [0.15, 0.2) is 18.2 Å². The summed E-state index contributed by atoms with van der Waals surface area (Å²) in [6.45, 7) is 6.99. The van der Waals surface area contributed by atoms with Gasteiger partial charge in [0, 0.05) is 11.4 Å². The number of halogens is 1. The highest BCUT2D eigenvalue weighted by molar-refractivity contribution is 7.16. The van der Waals surface area contributed by atoms with E-state index in [-0.39, 0.29) is 5.82 Å². The number of nitrogens with zero attached hydrogens (tertiary/aromatic N) is 2. The van der Waals surface area contributed by atoms with Crippen molar-refractivity contribution in [3.63, 3.8) is 0 Å². The summed E-state index contributed by atoms with van der Waals surface area (Å²) in [5, 5.41) is 0.748. The maximum atomic E-state index is 14.0. The second kappa shape index (κ2) is 5.15. The van der Waals surface area contributed by atoms with Crippen molar-refractivity contribution >= 4 is 27.4 Å². The van der Waals surface area contributed by atoms with Crippen LogP contribution in [-0.2, 0) is 6.54 Å². The zero-order valence-corrected chi connectivity index (χ0v) is 13.2. The van der Waals surface area contributed by atoms with Gasteiger partial charge in [0.1, 0.15) is 11.3 Å². The fraction of sp³-hybridized carbons (Fsp3) is 0.312. The highest BCUT2D eigenvalue weighted by atomic mass is 32.1. The van der Waals surface area contributed by atoms with Gasteiger partial charge in [-0.25, -0.2) is 9.37 Å². The summed E-state index contributed by atoms with van der Waals surface area (Å²) in [4.78, 5) is 5.73. The number of rotatable bonds is 3. The molecule has 0 aliphatic rings. The van der Waals surface area contributed by atoms with Crippen LogP contribution in [0.2, 0.25) is 0 Å². The lowest BCUT2D eigenvalue weighted by Crippen LogP contribution is -2.01. The van der Waals surface area contributed by atoms with Gasteiger partial charge in [0.2, 0.25) is 0 Å². The number of hydrogen-bond donors (Lipinski definition) is 1. The molecule has 0 bridgehead atoms. The second-order valence-electron chi connectivity index (χ2n) is 5.22. The molecule has 0 atom stereocenters. The van der Waals surface area contributed by atoms with Gasteiger partial charge in [-0.05, 0) is 38.0 Å². The monoisotopic (exact) mass is 303 g/mol. The summed E-state index contributed by atoms with van der Waals surface area (Å²) in [6, 6.07) is 5.09. The third-order valence-electron chi connectivity index (χ3n) is 3.81. The first-order chi connectivity index (χ1) is 10.0. The normalized spacial score (nSPS) is 11.4. The van der Waals surface area contributed by atoms with E-state index in [1.54, 1.807) is 17.4 Å². The van der Waals surface area contributed by atoms with Crippen molar-refractivity contribution in [3.05, 3.63) is 34.5 Å². The molecule has 0 saturated carbocycles. The molecular formula is C16H18FN3S. The van der Waals surface area contributed by atoms with E-state index in [2.05, 4.69) is 16.5 Å². The Hall–Kier alpha value is -1.88. The maximum absolute atomic E-state index is 14.0. The molecule has 2 aromatic heterocycles. The first kappa shape index (κ1) is 14.1. The zero-order valence-electron chi connectivity index (χ0n) is 12.4. The number of para-hydroxylation sites is 1. The lowest BCUT2D eigenvalue weighted by atomic mass is 10.1. The van der Waals surface area contributed by atoms with Crippen LogP contribution in [-0.4, -0.2) is 9.55 Å². The molecule has 110 valence electrons. The average molecular weight is 303 g/mol. The Morgan fingerprint density at radius 2 is 2.10 bits per heavy atom. The van der Waals surface area contributed by atoms with Crippen LogP contribution in [0.4, 0.5) is 9.39 Å². The van der Waals surface area contributed by atoms with Crippen LogP contribution in [0, 0.1) is 19.7 Å². The number of nitrogen functional groups attached to an aromatic ring is 1. The fourth-order valence-electron chi connectivity index (χ4n) is 2.68. The Bertz CT molecular complexity index is 817. The van der Waals surface area contributed by atoms with Crippen molar-refractivity contribution in [1.29, 1.82) is 0 Å². The van der Waals surface area contributed by atoms with Gasteiger partial charge in [-0.2, -0.15) is 0 Å². The summed E-state index contributed by atoms with van der Waals surface area (Å²) in [6.07, 6.45) is 0.955. The Kier molecular flexibility index (Phi) is 3.45. The topological polar surface area (TPSA) is 43.8 Å². The molecular weight excluding hydrogens is 285 g/mol. The minimum absolute atomic E-state index is 0.285. The lowest BCUT2D eigenvalue weighted by Gasteiger charge is -2.08. The first-order valence-electron chi connectivity index (χ1n) is 7.05. The predicted molar refractivity (Wildman–Crippen MR) is 87.2 cm³/mol. The number of aromatic nitrogens is 2. The quantitative estimate of drug-likeness (QED) is 0.773. The molecule has 0 radical (unpaired) electrons. The van der Waals surface area contributed by atoms with Gasteiger partial charge in [0.05, 0.1) is 16.1 Å².